The van der Waals surface area contributed by atoms with Gasteiger partial charge in [-0.05, 0) is 31.4 Å². The predicted molar refractivity (Wildman–Crippen MR) is 73.8 cm³/mol. The second-order valence-electron chi connectivity index (χ2n) is 4.51. The largest absolute Gasteiger partial charge is 0.314 e. The Hall–Kier alpha value is -1.42. The van der Waals surface area contributed by atoms with Gasteiger partial charge in [-0.15, -0.1) is 0 Å². The van der Waals surface area contributed by atoms with E-state index in [4.69, 9.17) is 0 Å². The summed E-state index contributed by atoms with van der Waals surface area (Å²) in [4.78, 5) is 10.2. The maximum absolute atomic E-state index is 10.5. The Balaban J connectivity index is 2.48. The number of nitro benzene ring substituents is 1. The fourth-order valence-electron chi connectivity index (χ4n) is 2.11. The van der Waals surface area contributed by atoms with Gasteiger partial charge < -0.3 is 5.32 Å². The molecule has 1 atom stereocenters. The van der Waals surface area contributed by atoms with Gasteiger partial charge in [0.15, 0.2) is 0 Å². The second kappa shape index (κ2) is 7.82. The van der Waals surface area contributed by atoms with Crippen LogP contribution in [0.25, 0.3) is 0 Å². The molecule has 1 N–H and O–H groups in total. The molecule has 0 amide bonds. The first kappa shape index (κ1) is 14.6. The van der Waals surface area contributed by atoms with Gasteiger partial charge >= 0.3 is 0 Å². The van der Waals surface area contributed by atoms with Gasteiger partial charge in [0.05, 0.1) is 4.92 Å². The Morgan fingerprint density at radius 2 is 1.89 bits per heavy atom. The molecule has 100 valence electrons. The van der Waals surface area contributed by atoms with Crippen molar-refractivity contribution in [2.24, 2.45) is 0 Å². The molecule has 0 radical (unpaired) electrons. The first-order chi connectivity index (χ1) is 8.67. The summed E-state index contributed by atoms with van der Waals surface area (Å²) in [5, 5.41) is 14.0. The van der Waals surface area contributed by atoms with Gasteiger partial charge in [-0.3, -0.25) is 10.1 Å². The van der Waals surface area contributed by atoms with Crippen LogP contribution in [0, 0.1) is 10.1 Å². The lowest BCUT2D eigenvalue weighted by Gasteiger charge is -2.16. The fourth-order valence-corrected chi connectivity index (χ4v) is 2.11. The lowest BCUT2D eigenvalue weighted by Crippen LogP contribution is -2.29. The van der Waals surface area contributed by atoms with Crippen molar-refractivity contribution in [3.05, 3.63) is 39.9 Å². The normalized spacial score (nSPS) is 12.3. The van der Waals surface area contributed by atoms with Gasteiger partial charge in [0, 0.05) is 18.2 Å². The van der Waals surface area contributed by atoms with E-state index in [9.17, 15) is 10.1 Å². The predicted octanol–water partition coefficient (Wildman–Crippen LogP) is 3.31. The van der Waals surface area contributed by atoms with Crippen LogP contribution in [-0.4, -0.2) is 17.5 Å². The van der Waals surface area contributed by atoms with E-state index in [-0.39, 0.29) is 10.6 Å². The molecule has 1 rings (SSSR count). The summed E-state index contributed by atoms with van der Waals surface area (Å²) in [7, 11) is 0. The zero-order valence-corrected chi connectivity index (χ0v) is 11.2. The SMILES string of the molecule is CCCC(CCc1ccc([N+](=O)[O-])cc1)NCC. The molecular formula is C14H22N2O2. The monoisotopic (exact) mass is 250 g/mol. The van der Waals surface area contributed by atoms with Crippen LogP contribution >= 0.6 is 0 Å². The molecular weight excluding hydrogens is 228 g/mol. The van der Waals surface area contributed by atoms with Gasteiger partial charge in [-0.2, -0.15) is 0 Å². The van der Waals surface area contributed by atoms with Crippen LogP contribution in [0.1, 0.15) is 38.7 Å². The minimum atomic E-state index is -0.359. The molecule has 1 aromatic rings. The highest BCUT2D eigenvalue weighted by atomic mass is 16.6. The van der Waals surface area contributed by atoms with Crippen molar-refractivity contribution in [1.29, 1.82) is 0 Å². The van der Waals surface area contributed by atoms with Crippen LogP contribution < -0.4 is 5.32 Å². The molecule has 0 saturated heterocycles. The van der Waals surface area contributed by atoms with Gasteiger partial charge in [0.1, 0.15) is 0 Å². The van der Waals surface area contributed by atoms with Crippen molar-refractivity contribution in [2.45, 2.75) is 45.6 Å². The summed E-state index contributed by atoms with van der Waals surface area (Å²) < 4.78 is 0. The fraction of sp³-hybridized carbons (Fsp3) is 0.571. The topological polar surface area (TPSA) is 55.2 Å². The Kier molecular flexibility index (Phi) is 6.36. The van der Waals surface area contributed by atoms with Crippen LogP contribution in [0.4, 0.5) is 5.69 Å². The molecule has 0 fully saturated rings. The summed E-state index contributed by atoms with van der Waals surface area (Å²) >= 11 is 0. The molecule has 1 unspecified atom stereocenters. The van der Waals surface area contributed by atoms with Crippen LogP contribution in [0.15, 0.2) is 24.3 Å². The molecule has 4 nitrogen and oxygen atoms in total. The number of aryl methyl sites for hydroxylation is 1. The summed E-state index contributed by atoms with van der Waals surface area (Å²) in [5.41, 5.74) is 1.33. The summed E-state index contributed by atoms with van der Waals surface area (Å²) in [6, 6.07) is 7.42. The van der Waals surface area contributed by atoms with E-state index in [0.717, 1.165) is 19.4 Å². The zero-order valence-electron chi connectivity index (χ0n) is 11.2. The van der Waals surface area contributed by atoms with Crippen molar-refractivity contribution >= 4 is 5.69 Å². The smallest absolute Gasteiger partial charge is 0.269 e. The lowest BCUT2D eigenvalue weighted by atomic mass is 10.0. The molecule has 0 heterocycles. The first-order valence-corrected chi connectivity index (χ1v) is 6.64. The quantitative estimate of drug-likeness (QED) is 0.569. The highest BCUT2D eigenvalue weighted by Crippen LogP contribution is 2.14. The van der Waals surface area contributed by atoms with Crippen LogP contribution in [0.3, 0.4) is 0 Å². The highest BCUT2D eigenvalue weighted by Gasteiger charge is 2.08. The van der Waals surface area contributed by atoms with E-state index in [1.54, 1.807) is 12.1 Å². The third-order valence-electron chi connectivity index (χ3n) is 3.06. The van der Waals surface area contributed by atoms with Gasteiger partial charge in [0.2, 0.25) is 0 Å². The van der Waals surface area contributed by atoms with Gasteiger partial charge in [0.25, 0.3) is 5.69 Å². The van der Waals surface area contributed by atoms with E-state index < -0.39 is 0 Å². The molecule has 1 aromatic carbocycles. The average molecular weight is 250 g/mol. The van der Waals surface area contributed by atoms with Crippen molar-refractivity contribution in [2.75, 3.05) is 6.54 Å². The Morgan fingerprint density at radius 1 is 1.22 bits per heavy atom. The van der Waals surface area contributed by atoms with E-state index >= 15 is 0 Å². The molecule has 0 bridgehead atoms. The maximum atomic E-state index is 10.5. The average Bonchev–Trinajstić information content (AvgIpc) is 2.37. The molecule has 0 aliphatic carbocycles. The van der Waals surface area contributed by atoms with Gasteiger partial charge in [-0.1, -0.05) is 32.4 Å². The minimum absolute atomic E-state index is 0.163. The lowest BCUT2D eigenvalue weighted by molar-refractivity contribution is -0.384. The summed E-state index contributed by atoms with van der Waals surface area (Å²) in [5.74, 6) is 0. The van der Waals surface area contributed by atoms with Crippen molar-refractivity contribution in [3.63, 3.8) is 0 Å². The molecule has 0 aliphatic rings. The first-order valence-electron chi connectivity index (χ1n) is 6.64. The Morgan fingerprint density at radius 3 is 2.39 bits per heavy atom. The van der Waals surface area contributed by atoms with E-state index in [0.29, 0.717) is 6.04 Å². The number of rotatable bonds is 8. The number of benzene rings is 1. The van der Waals surface area contributed by atoms with Crippen molar-refractivity contribution < 1.29 is 4.92 Å². The molecule has 0 spiro atoms. The van der Waals surface area contributed by atoms with E-state index in [1.807, 2.05) is 12.1 Å². The van der Waals surface area contributed by atoms with Crippen molar-refractivity contribution in [1.82, 2.24) is 5.32 Å². The minimum Gasteiger partial charge on any atom is -0.314 e. The molecule has 4 heteroatoms. The number of hydrogen-bond acceptors (Lipinski definition) is 3. The van der Waals surface area contributed by atoms with Crippen LogP contribution in [0.5, 0.6) is 0 Å². The number of non-ortho nitro benzene ring substituents is 1. The standard InChI is InChI=1S/C14H22N2O2/c1-3-5-13(15-4-2)9-6-12-7-10-14(11-8-12)16(17)18/h7-8,10-11,13,15H,3-6,9H2,1-2H3. The van der Waals surface area contributed by atoms with Crippen LogP contribution in [-0.2, 0) is 6.42 Å². The van der Waals surface area contributed by atoms with Crippen molar-refractivity contribution in [3.8, 4) is 0 Å². The number of nitro groups is 1. The molecule has 0 aromatic heterocycles. The molecule has 18 heavy (non-hydrogen) atoms. The number of nitrogens with zero attached hydrogens (tertiary/aromatic N) is 1. The van der Waals surface area contributed by atoms with Gasteiger partial charge in [-0.25, -0.2) is 0 Å². The molecule has 0 saturated carbocycles. The molecule has 0 aliphatic heterocycles. The van der Waals surface area contributed by atoms with Crippen LogP contribution in [0.2, 0.25) is 0 Å². The second-order valence-corrected chi connectivity index (χ2v) is 4.51. The zero-order chi connectivity index (χ0) is 13.4. The maximum Gasteiger partial charge on any atom is 0.269 e. The Labute approximate surface area is 109 Å². The number of hydrogen-bond donors (Lipinski definition) is 1. The number of nitrogens with one attached hydrogen (secondary N) is 1. The third-order valence-corrected chi connectivity index (χ3v) is 3.06. The Bertz CT molecular complexity index is 357. The van der Waals surface area contributed by atoms with E-state index in [1.165, 1.54) is 18.4 Å². The third kappa shape index (κ3) is 4.84. The summed E-state index contributed by atoms with van der Waals surface area (Å²) in [6.45, 7) is 5.30. The summed E-state index contributed by atoms with van der Waals surface area (Å²) in [6.07, 6.45) is 4.41. The highest BCUT2D eigenvalue weighted by molar-refractivity contribution is 5.32. The van der Waals surface area contributed by atoms with E-state index in [2.05, 4.69) is 19.2 Å².